The van der Waals surface area contributed by atoms with E-state index in [1.54, 1.807) is 24.3 Å². The molecule has 0 radical (unpaired) electrons. The summed E-state index contributed by atoms with van der Waals surface area (Å²) in [5.74, 6) is -0.539. The lowest BCUT2D eigenvalue weighted by molar-refractivity contribution is -0.121. The van der Waals surface area contributed by atoms with Crippen molar-refractivity contribution in [3.63, 3.8) is 0 Å². The number of carbonyl (C=O) groups excluding carboxylic acids is 2. The minimum absolute atomic E-state index is 0.0930. The van der Waals surface area contributed by atoms with Crippen LogP contribution < -0.4 is 4.90 Å². The average molecular weight is 384 g/mol. The second kappa shape index (κ2) is 6.75. The third-order valence-corrected chi connectivity index (χ3v) is 6.02. The summed E-state index contributed by atoms with van der Waals surface area (Å²) in [4.78, 5) is 31.0. The van der Waals surface area contributed by atoms with Gasteiger partial charge in [-0.2, -0.15) is 5.26 Å². The number of anilines is 1. The molecule has 0 saturated carbocycles. The van der Waals surface area contributed by atoms with Crippen molar-refractivity contribution in [3.05, 3.63) is 52.2 Å². The number of hydrogen-bond donors (Lipinski definition) is 0. The Balaban J connectivity index is 1.60. The maximum absolute atomic E-state index is 12.8. The second-order valence-electron chi connectivity index (χ2n) is 6.27. The van der Waals surface area contributed by atoms with E-state index in [4.69, 9.17) is 11.6 Å². The van der Waals surface area contributed by atoms with E-state index in [-0.39, 0.29) is 18.2 Å². The van der Waals surface area contributed by atoms with Gasteiger partial charge in [0.05, 0.1) is 16.5 Å². The molecule has 2 amide bonds. The molecule has 1 fully saturated rings. The van der Waals surface area contributed by atoms with Gasteiger partial charge in [-0.15, -0.1) is 0 Å². The Morgan fingerprint density at radius 2 is 2.00 bits per heavy atom. The van der Waals surface area contributed by atoms with Crippen LogP contribution in [0.3, 0.4) is 0 Å². The number of benzene rings is 1. The molecule has 7 heteroatoms. The van der Waals surface area contributed by atoms with E-state index in [1.165, 1.54) is 16.7 Å². The van der Waals surface area contributed by atoms with E-state index >= 15 is 0 Å². The monoisotopic (exact) mass is 383 g/mol. The maximum Gasteiger partial charge on any atom is 0.247 e. The summed E-state index contributed by atoms with van der Waals surface area (Å²) >= 11 is 7.09. The third-order valence-electron chi connectivity index (χ3n) is 4.58. The van der Waals surface area contributed by atoms with Crippen LogP contribution in [0.1, 0.15) is 29.7 Å². The Bertz CT molecular complexity index is 952. The molecular weight excluding hydrogens is 370 g/mol. The van der Waals surface area contributed by atoms with Crippen LogP contribution in [0.5, 0.6) is 0 Å². The highest BCUT2D eigenvalue weighted by Gasteiger charge is 2.40. The van der Waals surface area contributed by atoms with Crippen molar-refractivity contribution in [2.24, 2.45) is 0 Å². The van der Waals surface area contributed by atoms with Crippen LogP contribution in [-0.2, 0) is 22.4 Å². The number of aromatic nitrogens is 1. The van der Waals surface area contributed by atoms with Gasteiger partial charge in [-0.3, -0.25) is 9.59 Å². The first-order valence-corrected chi connectivity index (χ1v) is 9.54. The zero-order valence-electron chi connectivity index (χ0n) is 13.7. The fourth-order valence-electron chi connectivity index (χ4n) is 3.32. The SMILES string of the molecule is N#Cc1cc2c(nc1S[C@@H]1CC(=O)N(c3ccc(Cl)cc3)C1=O)CCC2. The fraction of sp³-hybridized carbons (Fsp3) is 0.263. The quantitative estimate of drug-likeness (QED) is 0.758. The lowest BCUT2D eigenvalue weighted by Gasteiger charge is -2.15. The largest absolute Gasteiger partial charge is 0.274 e. The van der Waals surface area contributed by atoms with Gasteiger partial charge in [0.1, 0.15) is 11.1 Å². The number of nitriles is 1. The third kappa shape index (κ3) is 2.98. The molecule has 1 aromatic carbocycles. The molecule has 1 aromatic heterocycles. The first kappa shape index (κ1) is 17.1. The number of nitrogens with zero attached hydrogens (tertiary/aromatic N) is 3. The molecule has 0 bridgehead atoms. The minimum atomic E-state index is -0.572. The molecule has 0 spiro atoms. The molecule has 1 aliphatic carbocycles. The molecule has 4 rings (SSSR count). The summed E-state index contributed by atoms with van der Waals surface area (Å²) < 4.78 is 0. The zero-order chi connectivity index (χ0) is 18.3. The van der Waals surface area contributed by atoms with Gasteiger partial charge in [0.25, 0.3) is 0 Å². The van der Waals surface area contributed by atoms with Crippen molar-refractivity contribution >= 4 is 40.9 Å². The van der Waals surface area contributed by atoms with Crippen molar-refractivity contribution in [1.29, 1.82) is 5.26 Å². The number of hydrogen-bond acceptors (Lipinski definition) is 5. The van der Waals surface area contributed by atoms with Crippen LogP contribution in [0.25, 0.3) is 0 Å². The first-order chi connectivity index (χ1) is 12.6. The Hall–Kier alpha value is -2.36. The summed E-state index contributed by atoms with van der Waals surface area (Å²) in [6.07, 6.45) is 2.96. The Labute approximate surface area is 160 Å². The number of amides is 2. The average Bonchev–Trinajstić information content (AvgIpc) is 3.19. The van der Waals surface area contributed by atoms with Crippen LogP contribution in [0.15, 0.2) is 35.4 Å². The molecule has 5 nitrogen and oxygen atoms in total. The lowest BCUT2D eigenvalue weighted by atomic mass is 10.2. The van der Waals surface area contributed by atoms with Gasteiger partial charge in [-0.25, -0.2) is 9.88 Å². The molecule has 1 saturated heterocycles. The molecule has 0 N–H and O–H groups in total. The van der Waals surface area contributed by atoms with Gasteiger partial charge in [-0.1, -0.05) is 23.4 Å². The molecular formula is C19H14ClN3O2S. The van der Waals surface area contributed by atoms with Crippen LogP contribution in [0, 0.1) is 11.3 Å². The molecule has 2 heterocycles. The number of rotatable bonds is 3. The van der Waals surface area contributed by atoms with E-state index in [2.05, 4.69) is 11.1 Å². The van der Waals surface area contributed by atoms with Crippen LogP contribution >= 0.6 is 23.4 Å². The highest BCUT2D eigenvalue weighted by molar-refractivity contribution is 8.00. The number of aryl methyl sites for hydroxylation is 2. The van der Waals surface area contributed by atoms with E-state index < -0.39 is 5.25 Å². The Kier molecular flexibility index (Phi) is 4.43. The van der Waals surface area contributed by atoms with Crippen molar-refractivity contribution in [1.82, 2.24) is 4.98 Å². The van der Waals surface area contributed by atoms with Gasteiger partial charge < -0.3 is 0 Å². The predicted molar refractivity (Wildman–Crippen MR) is 99.2 cm³/mol. The van der Waals surface area contributed by atoms with E-state index in [0.29, 0.717) is 21.3 Å². The topological polar surface area (TPSA) is 74.1 Å². The predicted octanol–water partition coefficient (Wildman–Crippen LogP) is 3.52. The second-order valence-corrected chi connectivity index (χ2v) is 7.89. The number of fused-ring (bicyclic) bond motifs is 1. The van der Waals surface area contributed by atoms with E-state index in [0.717, 1.165) is 30.5 Å². The van der Waals surface area contributed by atoms with Gasteiger partial charge >= 0.3 is 0 Å². The lowest BCUT2D eigenvalue weighted by Crippen LogP contribution is -2.31. The summed E-state index contributed by atoms with van der Waals surface area (Å²) in [5.41, 5.74) is 3.09. The van der Waals surface area contributed by atoms with Crippen molar-refractivity contribution in [3.8, 4) is 6.07 Å². The normalized spacial score (nSPS) is 18.9. The first-order valence-electron chi connectivity index (χ1n) is 8.28. The summed E-state index contributed by atoms with van der Waals surface area (Å²) in [6.45, 7) is 0. The molecule has 2 aliphatic rings. The fourth-order valence-corrected chi connectivity index (χ4v) is 4.54. The summed E-state index contributed by atoms with van der Waals surface area (Å²) in [5, 5.41) is 9.93. The van der Waals surface area contributed by atoms with Crippen LogP contribution in [0.2, 0.25) is 5.02 Å². The molecule has 0 unspecified atom stereocenters. The summed E-state index contributed by atoms with van der Waals surface area (Å²) in [6, 6.07) is 10.6. The van der Waals surface area contributed by atoms with Gasteiger partial charge in [-0.05, 0) is 55.2 Å². The molecule has 26 heavy (non-hydrogen) atoms. The smallest absolute Gasteiger partial charge is 0.247 e. The van der Waals surface area contributed by atoms with Gasteiger partial charge in [0.2, 0.25) is 11.8 Å². The Morgan fingerprint density at radius 1 is 1.23 bits per heavy atom. The van der Waals surface area contributed by atoms with E-state index in [9.17, 15) is 14.9 Å². The summed E-state index contributed by atoms with van der Waals surface area (Å²) in [7, 11) is 0. The van der Waals surface area contributed by atoms with Crippen LogP contribution in [-0.4, -0.2) is 22.0 Å². The Morgan fingerprint density at radius 3 is 2.73 bits per heavy atom. The molecule has 1 aliphatic heterocycles. The highest BCUT2D eigenvalue weighted by Crippen LogP contribution is 2.36. The number of thioether (sulfide) groups is 1. The standard InChI is InChI=1S/C19H14ClN3O2S/c20-13-4-6-14(7-5-13)23-17(24)9-16(19(23)25)26-18-12(10-21)8-11-2-1-3-15(11)22-18/h4-8,16H,1-3,9H2/t16-/m1/s1. The van der Waals surface area contributed by atoms with Gasteiger partial charge in [0.15, 0.2) is 0 Å². The number of pyridine rings is 1. The molecule has 2 aromatic rings. The van der Waals surface area contributed by atoms with Crippen LogP contribution in [0.4, 0.5) is 5.69 Å². The minimum Gasteiger partial charge on any atom is -0.274 e. The highest BCUT2D eigenvalue weighted by atomic mass is 35.5. The number of halogens is 1. The van der Waals surface area contributed by atoms with Gasteiger partial charge in [0, 0.05) is 17.1 Å². The molecule has 130 valence electrons. The number of carbonyl (C=O) groups is 2. The van der Waals surface area contributed by atoms with Crippen molar-refractivity contribution in [2.75, 3.05) is 4.90 Å². The van der Waals surface area contributed by atoms with E-state index in [1.807, 2.05) is 6.07 Å². The van der Waals surface area contributed by atoms with Crippen molar-refractivity contribution < 1.29 is 9.59 Å². The maximum atomic E-state index is 12.8. The van der Waals surface area contributed by atoms with Crippen molar-refractivity contribution in [2.45, 2.75) is 36.0 Å². The number of imide groups is 1. The zero-order valence-corrected chi connectivity index (χ0v) is 15.3. The molecule has 1 atom stereocenters.